The first-order chi connectivity index (χ1) is 9.88. The van der Waals surface area contributed by atoms with Crippen LogP contribution in [0.25, 0.3) is 0 Å². The zero-order valence-electron chi connectivity index (χ0n) is 10.5. The molecule has 1 aromatic rings. The van der Waals surface area contributed by atoms with Gasteiger partial charge in [0.25, 0.3) is 18.0 Å². The van der Waals surface area contributed by atoms with Gasteiger partial charge in [0.05, 0.1) is 18.0 Å². The number of alkyl halides is 4. The predicted octanol–water partition coefficient (Wildman–Crippen LogP) is 2.86. The second-order valence-electron chi connectivity index (χ2n) is 4.16. The van der Waals surface area contributed by atoms with E-state index in [9.17, 15) is 22.8 Å². The first kappa shape index (κ1) is 16.0. The molecule has 0 radical (unpaired) electrons. The Hall–Kier alpha value is -1.41. The number of carbonyl (C=O) groups is 2. The van der Waals surface area contributed by atoms with Crippen molar-refractivity contribution in [2.45, 2.75) is 17.0 Å². The average molecular weight is 339 g/mol. The maximum atomic E-state index is 12.6. The molecule has 1 aliphatic heterocycles. The van der Waals surface area contributed by atoms with Crippen LogP contribution in [0.4, 0.5) is 24.5 Å². The third-order valence-corrected chi connectivity index (χ3v) is 3.93. The van der Waals surface area contributed by atoms with Gasteiger partial charge in [0.15, 0.2) is 0 Å². The minimum absolute atomic E-state index is 0.0691. The van der Waals surface area contributed by atoms with Crippen LogP contribution in [0.1, 0.15) is 0 Å². The summed E-state index contributed by atoms with van der Waals surface area (Å²) < 4.78 is 37.7. The maximum absolute atomic E-state index is 12.6. The molecule has 0 saturated carbocycles. The van der Waals surface area contributed by atoms with Gasteiger partial charge in [-0.05, 0) is 18.2 Å². The number of halogens is 4. The van der Waals surface area contributed by atoms with Crippen molar-refractivity contribution in [3.8, 4) is 0 Å². The van der Waals surface area contributed by atoms with Gasteiger partial charge in [0.2, 0.25) is 5.91 Å². The van der Waals surface area contributed by atoms with Crippen molar-refractivity contribution in [3.63, 3.8) is 0 Å². The second-order valence-corrected chi connectivity index (χ2v) is 5.56. The summed E-state index contributed by atoms with van der Waals surface area (Å²) in [6.07, 6.45) is -2.68. The van der Waals surface area contributed by atoms with Crippen molar-refractivity contribution in [1.82, 2.24) is 0 Å². The van der Waals surface area contributed by atoms with Crippen LogP contribution in [0.5, 0.6) is 0 Å². The molecule has 0 spiro atoms. The highest BCUT2D eigenvalue weighted by Crippen LogP contribution is 2.37. The highest BCUT2D eigenvalue weighted by atomic mass is 35.5. The van der Waals surface area contributed by atoms with Crippen LogP contribution in [0.3, 0.4) is 0 Å². The van der Waals surface area contributed by atoms with Gasteiger partial charge < -0.3 is 10.2 Å². The predicted molar refractivity (Wildman–Crippen MR) is 74.9 cm³/mol. The van der Waals surface area contributed by atoms with Crippen molar-refractivity contribution in [2.75, 3.05) is 22.5 Å². The summed E-state index contributed by atoms with van der Waals surface area (Å²) in [5, 5.41) is 2.20. The van der Waals surface area contributed by atoms with Gasteiger partial charge in [-0.25, -0.2) is 13.2 Å². The van der Waals surface area contributed by atoms with E-state index in [0.29, 0.717) is 4.90 Å². The number of thioether (sulfide) groups is 1. The number of nitrogens with one attached hydrogen (secondary N) is 1. The van der Waals surface area contributed by atoms with E-state index in [1.807, 2.05) is 0 Å². The molecule has 9 heteroatoms. The third kappa shape index (κ3) is 3.82. The number of nitrogens with zero attached hydrogens (tertiary/aromatic N) is 1. The molecule has 0 saturated heterocycles. The molecule has 2 rings (SSSR count). The molecule has 0 bridgehead atoms. The standard InChI is InChI=1S/C12H10ClF3N2O2S/c13-11(16)12(20)17-6-1-2-8-7(3-6)18(4-9(14)15)10(19)5-21-8/h1-3,9,11H,4-5H2,(H,17,20). The zero-order chi connectivity index (χ0) is 15.6. The van der Waals surface area contributed by atoms with Crippen LogP contribution < -0.4 is 10.2 Å². The minimum atomic E-state index is -2.68. The Balaban J connectivity index is 2.29. The Labute approximate surface area is 127 Å². The van der Waals surface area contributed by atoms with Crippen molar-refractivity contribution < 1.29 is 22.8 Å². The molecule has 21 heavy (non-hydrogen) atoms. The number of rotatable bonds is 4. The Kier molecular flexibility index (Phi) is 5.00. The number of hydrogen-bond donors (Lipinski definition) is 1. The maximum Gasteiger partial charge on any atom is 0.274 e. The number of benzene rings is 1. The SMILES string of the molecule is O=C(Nc1ccc2c(c1)N(CC(F)F)C(=O)CS2)C(F)Cl. The average Bonchev–Trinajstić information content (AvgIpc) is 2.41. The van der Waals surface area contributed by atoms with Gasteiger partial charge in [-0.1, -0.05) is 11.6 Å². The van der Waals surface area contributed by atoms with Gasteiger partial charge in [-0.2, -0.15) is 0 Å². The van der Waals surface area contributed by atoms with Gasteiger partial charge in [0, 0.05) is 10.6 Å². The number of carbonyl (C=O) groups excluding carboxylic acids is 2. The fourth-order valence-electron chi connectivity index (χ4n) is 1.81. The summed E-state index contributed by atoms with van der Waals surface area (Å²) in [6, 6.07) is 4.40. The number of fused-ring (bicyclic) bond motifs is 1. The fraction of sp³-hybridized carbons (Fsp3) is 0.333. The minimum Gasteiger partial charge on any atom is -0.322 e. The third-order valence-electron chi connectivity index (χ3n) is 2.69. The van der Waals surface area contributed by atoms with E-state index < -0.39 is 30.4 Å². The van der Waals surface area contributed by atoms with Crippen LogP contribution in [0, 0.1) is 0 Å². The quantitative estimate of drug-likeness (QED) is 0.859. The molecule has 0 aliphatic carbocycles. The lowest BCUT2D eigenvalue weighted by atomic mass is 10.2. The van der Waals surface area contributed by atoms with Crippen molar-refractivity contribution in [3.05, 3.63) is 18.2 Å². The smallest absolute Gasteiger partial charge is 0.274 e. The normalized spacial score (nSPS) is 15.9. The highest BCUT2D eigenvalue weighted by Gasteiger charge is 2.27. The van der Waals surface area contributed by atoms with Crippen molar-refractivity contribution in [1.29, 1.82) is 0 Å². The number of anilines is 2. The summed E-state index contributed by atoms with van der Waals surface area (Å²) in [6.45, 7) is -0.731. The van der Waals surface area contributed by atoms with Crippen LogP contribution in [0.2, 0.25) is 0 Å². The van der Waals surface area contributed by atoms with Gasteiger partial charge in [-0.15, -0.1) is 11.8 Å². The molecule has 1 N–H and O–H groups in total. The van der Waals surface area contributed by atoms with Crippen molar-refractivity contribution in [2.24, 2.45) is 0 Å². The largest absolute Gasteiger partial charge is 0.322 e. The van der Waals surface area contributed by atoms with E-state index in [4.69, 9.17) is 11.6 Å². The Bertz CT molecular complexity index is 571. The Morgan fingerprint density at radius 1 is 1.43 bits per heavy atom. The first-order valence-corrected chi connectivity index (χ1v) is 7.25. The molecule has 114 valence electrons. The van der Waals surface area contributed by atoms with E-state index in [1.54, 1.807) is 6.07 Å². The van der Waals surface area contributed by atoms with Gasteiger partial charge >= 0.3 is 0 Å². The number of amides is 2. The van der Waals surface area contributed by atoms with Crippen LogP contribution in [-0.2, 0) is 9.59 Å². The van der Waals surface area contributed by atoms with Crippen LogP contribution in [0.15, 0.2) is 23.1 Å². The Morgan fingerprint density at radius 3 is 2.76 bits per heavy atom. The van der Waals surface area contributed by atoms with Gasteiger partial charge in [0.1, 0.15) is 0 Å². The van der Waals surface area contributed by atoms with Crippen molar-refractivity contribution >= 4 is 46.6 Å². The summed E-state index contributed by atoms with van der Waals surface area (Å²) in [5.41, 5.74) is -1.77. The summed E-state index contributed by atoms with van der Waals surface area (Å²) >= 11 is 6.21. The molecule has 1 aromatic carbocycles. The first-order valence-electron chi connectivity index (χ1n) is 5.83. The lowest BCUT2D eigenvalue weighted by Gasteiger charge is -2.29. The molecule has 0 aromatic heterocycles. The zero-order valence-corrected chi connectivity index (χ0v) is 12.1. The van der Waals surface area contributed by atoms with Crippen LogP contribution >= 0.6 is 23.4 Å². The molecule has 1 aliphatic rings. The monoisotopic (exact) mass is 338 g/mol. The van der Waals surface area contributed by atoms with E-state index in [0.717, 1.165) is 4.90 Å². The fourth-order valence-corrected chi connectivity index (χ4v) is 2.79. The lowest BCUT2D eigenvalue weighted by molar-refractivity contribution is -0.118. The summed E-state index contributed by atoms with van der Waals surface area (Å²) in [5.74, 6) is -1.44. The van der Waals surface area contributed by atoms with E-state index >= 15 is 0 Å². The molecule has 4 nitrogen and oxygen atoms in total. The summed E-state index contributed by atoms with van der Waals surface area (Å²) in [4.78, 5) is 24.5. The van der Waals surface area contributed by atoms with E-state index in [-0.39, 0.29) is 17.1 Å². The second kappa shape index (κ2) is 6.57. The molecular weight excluding hydrogens is 329 g/mol. The van der Waals surface area contributed by atoms with E-state index in [2.05, 4.69) is 5.32 Å². The molecule has 2 amide bonds. The molecule has 0 fully saturated rings. The molecule has 1 heterocycles. The topological polar surface area (TPSA) is 49.4 Å². The van der Waals surface area contributed by atoms with E-state index in [1.165, 1.54) is 23.9 Å². The highest BCUT2D eigenvalue weighted by molar-refractivity contribution is 8.00. The molecule has 1 atom stereocenters. The summed E-state index contributed by atoms with van der Waals surface area (Å²) in [7, 11) is 0. The number of hydrogen-bond acceptors (Lipinski definition) is 3. The molecular formula is C12H10ClF3N2O2S. The van der Waals surface area contributed by atoms with Gasteiger partial charge in [-0.3, -0.25) is 9.59 Å². The Morgan fingerprint density at radius 2 is 2.14 bits per heavy atom. The molecule has 1 unspecified atom stereocenters. The van der Waals surface area contributed by atoms with Crippen LogP contribution in [-0.4, -0.2) is 36.2 Å². The lowest BCUT2D eigenvalue weighted by Crippen LogP contribution is -2.38.